The van der Waals surface area contributed by atoms with Crippen LogP contribution in [0.5, 0.6) is 5.75 Å². The van der Waals surface area contributed by atoms with Gasteiger partial charge in [-0.15, -0.1) is 0 Å². The minimum absolute atomic E-state index is 0.0255. The molecule has 100 heavy (non-hydrogen) atoms. The van der Waals surface area contributed by atoms with E-state index in [9.17, 15) is 52.7 Å². The van der Waals surface area contributed by atoms with Crippen molar-refractivity contribution in [1.29, 1.82) is 0 Å². The highest BCUT2D eigenvalue weighted by Gasteiger charge is 2.37. The zero-order valence-electron chi connectivity index (χ0n) is 59.8. The molecule has 3 rings (SSSR count). The molecule has 0 heterocycles. The van der Waals surface area contributed by atoms with Gasteiger partial charge in [0.15, 0.2) is 5.96 Å². The van der Waals surface area contributed by atoms with Gasteiger partial charge in [-0.25, -0.2) is 0 Å². The van der Waals surface area contributed by atoms with Crippen molar-refractivity contribution >= 4 is 82.7 Å². The number of ether oxygens (including phenoxy) is 5. The highest BCUT2D eigenvalue weighted by molar-refractivity contribution is 7.98. The molecular formula is C66H115N17O16S. The molecule has 2 fully saturated rings. The van der Waals surface area contributed by atoms with Crippen molar-refractivity contribution in [3.8, 4) is 5.75 Å². The molecule has 0 spiro atoms. The fourth-order valence-electron chi connectivity index (χ4n) is 10.9. The highest BCUT2D eigenvalue weighted by Crippen LogP contribution is 2.27. The van der Waals surface area contributed by atoms with Crippen molar-refractivity contribution in [3.63, 3.8) is 0 Å². The summed E-state index contributed by atoms with van der Waals surface area (Å²) in [5.41, 5.74) is 29.0. The van der Waals surface area contributed by atoms with Crippen molar-refractivity contribution in [3.05, 3.63) is 29.8 Å². The molecule has 0 aliphatic heterocycles. The monoisotopic (exact) mass is 1430 g/mol. The topological polar surface area (TPSA) is 438 Å². The van der Waals surface area contributed by atoms with Gasteiger partial charge in [0.05, 0.1) is 79.4 Å². The Balaban J connectivity index is 1.91. The number of nitrogens with two attached hydrogens (primary N) is 5. The molecule has 1 aromatic carbocycles. The van der Waals surface area contributed by atoms with Gasteiger partial charge in [-0.2, -0.15) is 11.8 Å². The molecule has 2 atom stereocenters. The Hall–Kier alpha value is -7.47. The Bertz CT molecular complexity index is 2710. The third-order valence-corrected chi connectivity index (χ3v) is 17.6. The number of thioether (sulfide) groups is 1. The molecule has 0 saturated heterocycles. The van der Waals surface area contributed by atoms with Gasteiger partial charge in [-0.1, -0.05) is 31.4 Å². The Morgan fingerprint density at radius 2 is 0.950 bits per heavy atom. The first-order valence-corrected chi connectivity index (χ1v) is 35.9. The molecule has 0 unspecified atom stereocenters. The lowest BCUT2D eigenvalue weighted by Gasteiger charge is -2.33. The summed E-state index contributed by atoms with van der Waals surface area (Å²) in [4.78, 5) is 170. The number of hydrogen-bond acceptors (Lipinski definition) is 21. The molecule has 2 saturated carbocycles. The van der Waals surface area contributed by atoms with Crippen LogP contribution in [-0.2, 0) is 78.2 Å². The molecule has 13 N–H and O–H groups in total. The number of hydrogen-bond donors (Lipinski definition) is 8. The molecule has 2 aliphatic rings. The van der Waals surface area contributed by atoms with Crippen LogP contribution in [0.15, 0.2) is 29.3 Å². The molecule has 0 bridgehead atoms. The third kappa shape index (κ3) is 34.3. The average molecular weight is 1430 g/mol. The normalized spacial score (nSPS) is 13.4. The van der Waals surface area contributed by atoms with Crippen molar-refractivity contribution < 1.29 is 76.4 Å². The van der Waals surface area contributed by atoms with Crippen LogP contribution in [-0.4, -0.2) is 326 Å². The van der Waals surface area contributed by atoms with Crippen LogP contribution in [0.3, 0.4) is 0 Å². The van der Waals surface area contributed by atoms with Gasteiger partial charge in [0.2, 0.25) is 65.0 Å². The van der Waals surface area contributed by atoms with Gasteiger partial charge >= 0.3 is 0 Å². The maximum absolute atomic E-state index is 14.9. The summed E-state index contributed by atoms with van der Waals surface area (Å²) in [5, 5.41) is 8.65. The van der Waals surface area contributed by atoms with E-state index in [0.717, 1.165) is 59.6 Å². The molecule has 1 aromatic rings. The number of carbonyl (C=O) groups excluding carboxylic acids is 11. The summed E-state index contributed by atoms with van der Waals surface area (Å²) in [7, 11) is 7.09. The predicted molar refractivity (Wildman–Crippen MR) is 378 cm³/mol. The van der Waals surface area contributed by atoms with Crippen molar-refractivity contribution in [2.75, 3.05) is 192 Å². The first-order valence-electron chi connectivity index (χ1n) is 34.5. The van der Waals surface area contributed by atoms with E-state index in [0.29, 0.717) is 49.3 Å². The summed E-state index contributed by atoms with van der Waals surface area (Å²) in [6, 6.07) is 4.80. The Labute approximate surface area is 593 Å². The van der Waals surface area contributed by atoms with Gasteiger partial charge in [-0.05, 0) is 113 Å². The lowest BCUT2D eigenvalue weighted by molar-refractivity contribution is -0.149. The van der Waals surface area contributed by atoms with E-state index >= 15 is 0 Å². The van der Waals surface area contributed by atoms with Crippen LogP contribution in [0.2, 0.25) is 0 Å². The largest absolute Gasteiger partial charge is 0.497 e. The summed E-state index contributed by atoms with van der Waals surface area (Å²) in [6.07, 6.45) is 11.0. The fraction of sp³-hybridized carbons (Fsp3) is 0.727. The number of carbonyl (C=O) groups is 11. The number of unbranched alkanes of at least 4 members (excludes halogenated alkanes) is 2. The van der Waals surface area contributed by atoms with Crippen molar-refractivity contribution in [2.45, 2.75) is 121 Å². The van der Waals surface area contributed by atoms with E-state index in [1.54, 1.807) is 29.2 Å². The van der Waals surface area contributed by atoms with E-state index in [1.807, 2.05) is 6.26 Å². The summed E-state index contributed by atoms with van der Waals surface area (Å²) < 4.78 is 26.7. The quantitative estimate of drug-likeness (QED) is 0.0186. The highest BCUT2D eigenvalue weighted by atomic mass is 32.2. The molecule has 2 aliphatic carbocycles. The maximum Gasteiger partial charge on any atom is 0.243 e. The van der Waals surface area contributed by atoms with Crippen LogP contribution in [0.25, 0.3) is 0 Å². The average Bonchev–Trinajstić information content (AvgIpc) is 1.59. The van der Waals surface area contributed by atoms with E-state index in [-0.39, 0.29) is 142 Å². The number of methoxy groups -OCH3 is 5. The number of benzene rings is 1. The second-order valence-corrected chi connectivity index (χ2v) is 25.7. The molecule has 34 heteroatoms. The predicted octanol–water partition coefficient (Wildman–Crippen LogP) is -2.77. The van der Waals surface area contributed by atoms with Crippen molar-refractivity contribution in [1.82, 2.24) is 55.1 Å². The Kier molecular flexibility index (Phi) is 43.3. The van der Waals surface area contributed by atoms with Gasteiger partial charge in [0.25, 0.3) is 0 Å². The zero-order chi connectivity index (χ0) is 73.8. The zero-order valence-corrected chi connectivity index (χ0v) is 60.7. The summed E-state index contributed by atoms with van der Waals surface area (Å²) in [6.45, 7) is -3.99. The number of aliphatic imine (C=N–C) groups is 1. The summed E-state index contributed by atoms with van der Waals surface area (Å²) >= 11 is 1.44. The molecule has 0 aromatic heterocycles. The lowest BCUT2D eigenvalue weighted by Crippen LogP contribution is -2.55. The number of rotatable bonds is 54. The first-order chi connectivity index (χ1) is 48.1. The Morgan fingerprint density at radius 3 is 1.37 bits per heavy atom. The maximum atomic E-state index is 14.9. The van der Waals surface area contributed by atoms with Crippen LogP contribution in [0, 0.1) is 0 Å². The number of nitrogens with zero attached hydrogens (tertiary/aromatic N) is 9. The SMILES string of the molecule is COCCN(CC(=O)N[C@@H](CCCN=C(N)N)C(=O)N[C@@H](CCSC)C(N)=O)C(=O)CN(CCOC)C(=O)CN(CCOC)C(=O)CN(CCOC)C(=O)CN(CCCCN)C(=O)CN(Cc1ccc(OC)cc1)C(=O)CN(CCCCN)C(=O)CN(C(=O)CNC1CCCCC1)C1CC1. The molecule has 33 nitrogen and oxygen atoms in total. The minimum Gasteiger partial charge on any atom is -0.497 e. The van der Waals surface area contributed by atoms with Crippen LogP contribution >= 0.6 is 11.8 Å². The van der Waals surface area contributed by atoms with E-state index in [2.05, 4.69) is 20.9 Å². The van der Waals surface area contributed by atoms with Crippen LogP contribution in [0.4, 0.5) is 0 Å². The molecule has 566 valence electrons. The lowest BCUT2D eigenvalue weighted by atomic mass is 9.95. The second kappa shape index (κ2) is 50.0. The standard InChI is InChI=1S/C66H115N17O16S/c1-95-34-30-78(41-55(84)74-54(17-14-27-72-66(70)71)65(94)75-53(64(69)93)24-38-100-6)57(86)43-79(31-35-96-2)59(88)45-81(33-37-98-4)60(89)44-80(32-36-97-3)58(87)42-76(28-12-10-25-67)61(90)47-82(40-49-18-22-52(99-5)23-19-49)62(91)46-77(29-13-11-26-68)63(92)48-83(51-20-21-51)56(85)39-73-50-15-8-7-9-16-50/h18-19,22-23,50-51,53-54,73H,7-17,20-21,24-48,67-68H2,1-6H3,(H2,69,93)(H,74,84)(H,75,94)(H4,70,71,72)/t53-,54-/m0/s1. The van der Waals surface area contributed by atoms with Gasteiger partial charge in [-0.3, -0.25) is 57.7 Å². The third-order valence-electron chi connectivity index (χ3n) is 16.9. The van der Waals surface area contributed by atoms with Gasteiger partial charge in [0, 0.05) is 92.9 Å². The number of amides is 11. The minimum atomic E-state index is -1.21. The summed E-state index contributed by atoms with van der Waals surface area (Å²) in [5.74, 6) is -5.99. The first kappa shape index (κ1) is 86.8. The molecule has 11 amide bonds. The smallest absolute Gasteiger partial charge is 0.243 e. The number of guanidine groups is 1. The Morgan fingerprint density at radius 1 is 0.510 bits per heavy atom. The van der Waals surface area contributed by atoms with E-state index in [1.165, 1.54) is 66.9 Å². The van der Waals surface area contributed by atoms with Gasteiger partial charge in [0.1, 0.15) is 30.9 Å². The molecule has 0 radical (unpaired) electrons. The van der Waals surface area contributed by atoms with Gasteiger partial charge < -0.3 is 108 Å². The van der Waals surface area contributed by atoms with E-state index < -0.39 is 117 Å². The van der Waals surface area contributed by atoms with Crippen LogP contribution in [0.1, 0.15) is 95.5 Å². The fourth-order valence-corrected chi connectivity index (χ4v) is 11.4. The number of nitrogens with one attached hydrogen (secondary N) is 3. The second-order valence-electron chi connectivity index (χ2n) is 24.7. The van der Waals surface area contributed by atoms with Crippen molar-refractivity contribution in [2.24, 2.45) is 33.7 Å². The van der Waals surface area contributed by atoms with E-state index in [4.69, 9.17) is 52.4 Å². The molecular weight excluding hydrogens is 1320 g/mol. The van der Waals surface area contributed by atoms with Crippen LogP contribution < -0.4 is 49.4 Å². The number of primary amides is 1.